The number of aromatic amines is 1. The predicted octanol–water partition coefficient (Wildman–Crippen LogP) is 4.53. The molecule has 5 rings (SSSR count). The summed E-state index contributed by atoms with van der Waals surface area (Å²) in [5, 5.41) is 7.33. The zero-order chi connectivity index (χ0) is 23.3. The average molecular weight is 449 g/mol. The SMILES string of the molecule is O=C(/C=C\c1ccccc1)Nc1cc(-c2ccco2)nn1-c1nc(-c2ccccc2)cc(=O)[nH]1. The molecule has 0 saturated heterocycles. The Morgan fingerprint density at radius 3 is 2.44 bits per heavy atom. The van der Waals surface area contributed by atoms with Crippen LogP contribution in [0, 0.1) is 0 Å². The quantitative estimate of drug-likeness (QED) is 0.371. The Hall–Kier alpha value is -4.98. The molecule has 8 nitrogen and oxygen atoms in total. The summed E-state index contributed by atoms with van der Waals surface area (Å²) in [6.45, 7) is 0. The second-order valence-corrected chi connectivity index (χ2v) is 7.36. The lowest BCUT2D eigenvalue weighted by Gasteiger charge is -2.08. The third-order valence-electron chi connectivity index (χ3n) is 4.96. The van der Waals surface area contributed by atoms with E-state index >= 15 is 0 Å². The number of nitrogens with one attached hydrogen (secondary N) is 2. The first-order valence-corrected chi connectivity index (χ1v) is 10.5. The van der Waals surface area contributed by atoms with Crippen LogP contribution in [0.25, 0.3) is 34.7 Å². The van der Waals surface area contributed by atoms with Gasteiger partial charge in [-0.3, -0.25) is 14.6 Å². The van der Waals surface area contributed by atoms with Crippen LogP contribution >= 0.6 is 0 Å². The molecule has 8 heteroatoms. The summed E-state index contributed by atoms with van der Waals surface area (Å²) in [7, 11) is 0. The van der Waals surface area contributed by atoms with Crippen LogP contribution in [-0.2, 0) is 4.79 Å². The molecule has 0 unspecified atom stereocenters. The molecule has 2 aromatic carbocycles. The van der Waals surface area contributed by atoms with Gasteiger partial charge in [0.05, 0.1) is 12.0 Å². The standard InChI is InChI=1S/C26H19N5O3/c32-24(14-13-18-8-3-1-4-9-18)28-23-16-21(22-12-7-15-34-22)30-31(23)26-27-20(17-25(33)29-26)19-10-5-2-6-11-19/h1-17H,(H,28,32)(H,27,29,33)/b14-13-. The number of anilines is 1. The van der Waals surface area contributed by atoms with E-state index in [4.69, 9.17) is 4.42 Å². The minimum absolute atomic E-state index is 0.159. The lowest BCUT2D eigenvalue weighted by molar-refractivity contribution is -0.111. The van der Waals surface area contributed by atoms with Crippen LogP contribution in [-0.4, -0.2) is 25.7 Å². The largest absolute Gasteiger partial charge is 0.463 e. The van der Waals surface area contributed by atoms with Crippen molar-refractivity contribution in [3.63, 3.8) is 0 Å². The minimum Gasteiger partial charge on any atom is -0.463 e. The zero-order valence-electron chi connectivity index (χ0n) is 17.9. The highest BCUT2D eigenvalue weighted by atomic mass is 16.3. The summed E-state index contributed by atoms with van der Waals surface area (Å²) < 4.78 is 6.83. The highest BCUT2D eigenvalue weighted by molar-refractivity contribution is 6.01. The van der Waals surface area contributed by atoms with Gasteiger partial charge in [-0.25, -0.2) is 4.98 Å². The van der Waals surface area contributed by atoms with Gasteiger partial charge in [0.1, 0.15) is 11.5 Å². The molecular weight excluding hydrogens is 430 g/mol. The average Bonchev–Trinajstić information content (AvgIpc) is 3.54. The first-order valence-electron chi connectivity index (χ1n) is 10.5. The van der Waals surface area contributed by atoms with Crippen LogP contribution in [0.15, 0.2) is 106 Å². The highest BCUT2D eigenvalue weighted by Gasteiger charge is 2.17. The first-order chi connectivity index (χ1) is 16.7. The Balaban J connectivity index is 1.53. The third kappa shape index (κ3) is 4.61. The third-order valence-corrected chi connectivity index (χ3v) is 4.96. The normalized spacial score (nSPS) is 11.1. The molecule has 0 fully saturated rings. The molecule has 0 aliphatic heterocycles. The summed E-state index contributed by atoms with van der Waals surface area (Å²) in [4.78, 5) is 32.4. The molecule has 3 heterocycles. The maximum Gasteiger partial charge on any atom is 0.252 e. The summed E-state index contributed by atoms with van der Waals surface area (Å²) in [5.74, 6) is 0.627. The molecule has 0 aliphatic carbocycles. The Bertz CT molecular complexity index is 1500. The topological polar surface area (TPSA) is 106 Å². The van der Waals surface area contributed by atoms with Gasteiger partial charge in [-0.05, 0) is 23.8 Å². The number of furan rings is 1. The first kappa shape index (κ1) is 20.9. The van der Waals surface area contributed by atoms with Gasteiger partial charge in [0.25, 0.3) is 5.56 Å². The molecule has 0 atom stereocenters. The number of nitrogens with zero attached hydrogens (tertiary/aromatic N) is 3. The van der Waals surface area contributed by atoms with Gasteiger partial charge in [0.15, 0.2) is 5.76 Å². The molecule has 1 amide bonds. The fraction of sp³-hybridized carbons (Fsp3) is 0. The highest BCUT2D eigenvalue weighted by Crippen LogP contribution is 2.25. The van der Waals surface area contributed by atoms with Crippen molar-refractivity contribution in [2.75, 3.05) is 5.32 Å². The predicted molar refractivity (Wildman–Crippen MR) is 129 cm³/mol. The van der Waals surface area contributed by atoms with Gasteiger partial charge in [0.2, 0.25) is 11.9 Å². The molecular formula is C26H19N5O3. The molecule has 34 heavy (non-hydrogen) atoms. The van der Waals surface area contributed by atoms with E-state index < -0.39 is 0 Å². The number of amides is 1. The minimum atomic E-state index is -0.363. The van der Waals surface area contributed by atoms with Crippen LogP contribution < -0.4 is 10.9 Å². The summed E-state index contributed by atoms with van der Waals surface area (Å²) in [6.07, 6.45) is 4.67. The maximum absolute atomic E-state index is 12.7. The molecule has 5 aromatic rings. The molecule has 3 aromatic heterocycles. The van der Waals surface area contributed by atoms with Crippen LogP contribution in [0.1, 0.15) is 5.56 Å². The van der Waals surface area contributed by atoms with Gasteiger partial charge >= 0.3 is 0 Å². The van der Waals surface area contributed by atoms with Crippen molar-refractivity contribution in [3.8, 4) is 28.7 Å². The van der Waals surface area contributed by atoms with Gasteiger partial charge < -0.3 is 9.73 Å². The van der Waals surface area contributed by atoms with E-state index in [1.807, 2.05) is 60.7 Å². The monoisotopic (exact) mass is 449 g/mol. The van der Waals surface area contributed by atoms with E-state index in [-0.39, 0.29) is 17.4 Å². The van der Waals surface area contributed by atoms with E-state index in [0.717, 1.165) is 11.1 Å². The van der Waals surface area contributed by atoms with E-state index in [2.05, 4.69) is 20.4 Å². The second-order valence-electron chi connectivity index (χ2n) is 7.36. The number of carbonyl (C=O) groups is 1. The summed E-state index contributed by atoms with van der Waals surface area (Å²) in [6, 6.07) is 25.4. The van der Waals surface area contributed by atoms with E-state index in [1.165, 1.54) is 23.1 Å². The lowest BCUT2D eigenvalue weighted by Crippen LogP contribution is -2.17. The van der Waals surface area contributed by atoms with Crippen LogP contribution in [0.4, 0.5) is 5.82 Å². The van der Waals surface area contributed by atoms with Gasteiger partial charge in [-0.15, -0.1) is 0 Å². The van der Waals surface area contributed by atoms with E-state index in [9.17, 15) is 9.59 Å². The van der Waals surface area contributed by atoms with Crippen molar-refractivity contribution >= 4 is 17.8 Å². The second kappa shape index (κ2) is 9.25. The molecule has 166 valence electrons. The van der Waals surface area contributed by atoms with E-state index in [0.29, 0.717) is 23.0 Å². The number of H-pyrrole nitrogens is 1. The number of carbonyl (C=O) groups excluding carboxylic acids is 1. The van der Waals surface area contributed by atoms with Gasteiger partial charge in [-0.2, -0.15) is 9.78 Å². The maximum atomic E-state index is 12.7. The number of benzene rings is 2. The van der Waals surface area contributed by atoms with Crippen molar-refractivity contribution < 1.29 is 9.21 Å². The molecule has 0 spiro atoms. The van der Waals surface area contributed by atoms with Gasteiger partial charge in [-0.1, -0.05) is 60.7 Å². The number of hydrogen-bond donors (Lipinski definition) is 2. The van der Waals surface area contributed by atoms with Crippen molar-refractivity contribution in [2.45, 2.75) is 0 Å². The number of hydrogen-bond acceptors (Lipinski definition) is 5. The van der Waals surface area contributed by atoms with Crippen molar-refractivity contribution in [1.29, 1.82) is 0 Å². The molecule has 0 saturated carbocycles. The van der Waals surface area contributed by atoms with E-state index in [1.54, 1.807) is 24.3 Å². The number of rotatable bonds is 6. The fourth-order valence-corrected chi connectivity index (χ4v) is 3.38. The molecule has 2 N–H and O–H groups in total. The van der Waals surface area contributed by atoms with Crippen LogP contribution in [0.3, 0.4) is 0 Å². The number of aromatic nitrogens is 4. The van der Waals surface area contributed by atoms with Gasteiger partial charge in [0, 0.05) is 23.8 Å². The lowest BCUT2D eigenvalue weighted by atomic mass is 10.1. The van der Waals surface area contributed by atoms with Crippen molar-refractivity contribution in [1.82, 2.24) is 19.7 Å². The Labute approximate surface area is 194 Å². The Kier molecular flexibility index (Phi) is 5.69. The Morgan fingerprint density at radius 1 is 0.941 bits per heavy atom. The summed E-state index contributed by atoms with van der Waals surface area (Å²) in [5.41, 5.74) is 2.28. The Morgan fingerprint density at radius 2 is 1.71 bits per heavy atom. The van der Waals surface area contributed by atoms with Crippen LogP contribution in [0.5, 0.6) is 0 Å². The fourth-order valence-electron chi connectivity index (χ4n) is 3.38. The summed E-state index contributed by atoms with van der Waals surface area (Å²) >= 11 is 0. The van der Waals surface area contributed by atoms with Crippen LogP contribution in [0.2, 0.25) is 0 Å². The molecule has 0 radical (unpaired) electrons. The smallest absolute Gasteiger partial charge is 0.252 e. The molecule has 0 bridgehead atoms. The van der Waals surface area contributed by atoms with Crippen molar-refractivity contribution in [3.05, 3.63) is 113 Å². The van der Waals surface area contributed by atoms with Crippen molar-refractivity contribution in [2.24, 2.45) is 0 Å². The molecule has 0 aliphatic rings. The zero-order valence-corrected chi connectivity index (χ0v) is 17.9.